The molecule has 1 amide bonds. The number of carbonyl (C=O) groups excluding carboxylic acids is 1. The third-order valence-corrected chi connectivity index (χ3v) is 4.05. The van der Waals surface area contributed by atoms with Gasteiger partial charge < -0.3 is 21.1 Å². The first kappa shape index (κ1) is 15.7. The average Bonchev–Trinajstić information content (AvgIpc) is 3.27. The Balaban J connectivity index is 1.51. The normalized spacial score (nSPS) is 10.9. The van der Waals surface area contributed by atoms with E-state index in [1.165, 1.54) is 6.20 Å². The maximum Gasteiger partial charge on any atom is 0.269 e. The van der Waals surface area contributed by atoms with Gasteiger partial charge in [0, 0.05) is 17.5 Å². The highest BCUT2D eigenvalue weighted by atomic mass is 16.3. The highest BCUT2D eigenvalue weighted by Gasteiger charge is 2.12. The van der Waals surface area contributed by atoms with Gasteiger partial charge in [0.2, 0.25) is 0 Å². The number of phenols is 1. The number of rotatable bonds is 4. The number of phenolic OH excluding ortho intramolecular Hbond substituents is 1. The molecule has 0 aliphatic carbocycles. The van der Waals surface area contributed by atoms with E-state index in [0.29, 0.717) is 23.9 Å². The molecule has 0 radical (unpaired) electrons. The fraction of sp³-hybridized carbons (Fsp3) is 0.0556. The Morgan fingerprint density at radius 1 is 1.23 bits per heavy atom. The summed E-state index contributed by atoms with van der Waals surface area (Å²) in [5.74, 6) is 0.859. The summed E-state index contributed by atoms with van der Waals surface area (Å²) in [4.78, 5) is 19.6. The van der Waals surface area contributed by atoms with E-state index in [1.807, 2.05) is 24.3 Å². The number of fused-ring (bicyclic) bond motifs is 1. The van der Waals surface area contributed by atoms with Crippen molar-refractivity contribution in [2.75, 3.05) is 5.73 Å². The second kappa shape index (κ2) is 6.25. The number of hydrogen-bond acceptors (Lipinski definition) is 5. The van der Waals surface area contributed by atoms with Crippen molar-refractivity contribution in [3.05, 3.63) is 59.9 Å². The Morgan fingerprint density at radius 2 is 2.12 bits per heavy atom. The van der Waals surface area contributed by atoms with Gasteiger partial charge >= 0.3 is 0 Å². The molecule has 2 aromatic carbocycles. The molecular weight excluding hydrogens is 332 g/mol. The van der Waals surface area contributed by atoms with E-state index in [9.17, 15) is 9.90 Å². The van der Waals surface area contributed by atoms with E-state index in [-0.39, 0.29) is 11.7 Å². The minimum atomic E-state index is -0.281. The number of imidazole rings is 1. The zero-order valence-corrected chi connectivity index (χ0v) is 13.7. The lowest BCUT2D eigenvalue weighted by atomic mass is 10.1. The fourth-order valence-corrected chi connectivity index (χ4v) is 2.71. The van der Waals surface area contributed by atoms with Crippen LogP contribution in [0.2, 0.25) is 0 Å². The summed E-state index contributed by atoms with van der Waals surface area (Å²) in [6.07, 6.45) is 1.48. The lowest BCUT2D eigenvalue weighted by molar-refractivity contribution is 0.0946. The van der Waals surface area contributed by atoms with Crippen molar-refractivity contribution in [3.63, 3.8) is 0 Å². The molecule has 0 atom stereocenters. The molecule has 0 unspecified atom stereocenters. The van der Waals surface area contributed by atoms with Crippen molar-refractivity contribution in [2.24, 2.45) is 0 Å². The molecule has 0 fully saturated rings. The number of nitrogens with two attached hydrogens (primary N) is 1. The van der Waals surface area contributed by atoms with Gasteiger partial charge in [-0.25, -0.2) is 4.98 Å². The Labute approximate surface area is 148 Å². The van der Waals surface area contributed by atoms with Crippen LogP contribution >= 0.6 is 0 Å². The maximum atomic E-state index is 12.3. The Morgan fingerprint density at radius 3 is 2.96 bits per heavy atom. The van der Waals surface area contributed by atoms with E-state index >= 15 is 0 Å². The number of hydrogen-bond donors (Lipinski definition) is 5. The SMILES string of the molecule is Nc1n[nH]c2ccc(-c3ncc(C(=O)NCc4cccc(O)c4)[nH]3)cc12. The first-order chi connectivity index (χ1) is 12.6. The number of carbonyl (C=O) groups is 1. The van der Waals surface area contributed by atoms with E-state index < -0.39 is 0 Å². The van der Waals surface area contributed by atoms with Crippen LogP contribution in [0.4, 0.5) is 5.82 Å². The van der Waals surface area contributed by atoms with Crippen LogP contribution in [0, 0.1) is 0 Å². The molecule has 0 spiro atoms. The van der Waals surface area contributed by atoms with Crippen LogP contribution in [-0.2, 0) is 6.54 Å². The number of amides is 1. The molecule has 2 aromatic heterocycles. The van der Waals surface area contributed by atoms with Gasteiger partial charge in [-0.15, -0.1) is 0 Å². The summed E-state index contributed by atoms with van der Waals surface area (Å²) in [7, 11) is 0. The lowest BCUT2D eigenvalue weighted by Crippen LogP contribution is -2.23. The first-order valence-corrected chi connectivity index (χ1v) is 7.95. The smallest absolute Gasteiger partial charge is 0.269 e. The third-order valence-electron chi connectivity index (χ3n) is 4.05. The van der Waals surface area contributed by atoms with Gasteiger partial charge in [-0.2, -0.15) is 5.10 Å². The Kier molecular flexibility index (Phi) is 3.77. The summed E-state index contributed by atoms with van der Waals surface area (Å²) in [5.41, 5.74) is 8.62. The summed E-state index contributed by atoms with van der Waals surface area (Å²) >= 11 is 0. The van der Waals surface area contributed by atoms with Gasteiger partial charge in [-0.3, -0.25) is 9.89 Å². The van der Waals surface area contributed by atoms with Crippen LogP contribution in [0.25, 0.3) is 22.3 Å². The molecule has 0 saturated carbocycles. The Bertz CT molecular complexity index is 1100. The highest BCUT2D eigenvalue weighted by molar-refractivity contribution is 5.94. The fourth-order valence-electron chi connectivity index (χ4n) is 2.71. The topological polar surface area (TPSA) is 133 Å². The molecule has 0 saturated heterocycles. The largest absolute Gasteiger partial charge is 0.508 e. The number of H-pyrrole nitrogens is 2. The van der Waals surface area contributed by atoms with Gasteiger partial charge in [-0.05, 0) is 35.9 Å². The Hall–Kier alpha value is -3.81. The van der Waals surface area contributed by atoms with Gasteiger partial charge in [0.25, 0.3) is 5.91 Å². The van der Waals surface area contributed by atoms with Crippen molar-refractivity contribution >= 4 is 22.6 Å². The van der Waals surface area contributed by atoms with E-state index in [2.05, 4.69) is 25.5 Å². The second-order valence-electron chi connectivity index (χ2n) is 5.87. The molecule has 130 valence electrons. The van der Waals surface area contributed by atoms with Crippen molar-refractivity contribution in [1.29, 1.82) is 0 Å². The number of aromatic nitrogens is 4. The quantitative estimate of drug-likeness (QED) is 0.385. The van der Waals surface area contributed by atoms with E-state index in [0.717, 1.165) is 22.0 Å². The van der Waals surface area contributed by atoms with Crippen LogP contribution in [0.3, 0.4) is 0 Å². The number of aromatic hydroxyl groups is 1. The molecule has 4 aromatic rings. The maximum absolute atomic E-state index is 12.3. The summed E-state index contributed by atoms with van der Waals surface area (Å²) in [6.45, 7) is 0.305. The predicted octanol–water partition coefficient (Wildman–Crippen LogP) is 2.17. The zero-order valence-electron chi connectivity index (χ0n) is 13.7. The molecule has 26 heavy (non-hydrogen) atoms. The minimum absolute atomic E-state index is 0.162. The predicted molar refractivity (Wildman–Crippen MR) is 97.4 cm³/mol. The summed E-state index contributed by atoms with van der Waals surface area (Å²) < 4.78 is 0. The number of nitrogen functional groups attached to an aromatic ring is 1. The number of anilines is 1. The lowest BCUT2D eigenvalue weighted by Gasteiger charge is -2.04. The summed E-state index contributed by atoms with van der Waals surface area (Å²) in [5, 5.41) is 19.8. The van der Waals surface area contributed by atoms with Crippen LogP contribution in [0.1, 0.15) is 16.1 Å². The number of aromatic amines is 2. The van der Waals surface area contributed by atoms with Crippen LogP contribution in [-0.4, -0.2) is 31.2 Å². The van der Waals surface area contributed by atoms with Crippen molar-refractivity contribution < 1.29 is 9.90 Å². The van der Waals surface area contributed by atoms with E-state index in [1.54, 1.807) is 18.2 Å². The van der Waals surface area contributed by atoms with Gasteiger partial charge in [0.1, 0.15) is 17.3 Å². The number of nitrogens with zero attached hydrogens (tertiary/aromatic N) is 2. The molecule has 8 heteroatoms. The minimum Gasteiger partial charge on any atom is -0.508 e. The van der Waals surface area contributed by atoms with Crippen LogP contribution < -0.4 is 11.1 Å². The summed E-state index contributed by atoms with van der Waals surface area (Å²) in [6, 6.07) is 12.3. The van der Waals surface area contributed by atoms with E-state index in [4.69, 9.17) is 5.73 Å². The van der Waals surface area contributed by atoms with Gasteiger partial charge in [0.05, 0.1) is 11.7 Å². The van der Waals surface area contributed by atoms with Crippen LogP contribution in [0.5, 0.6) is 5.75 Å². The number of benzene rings is 2. The van der Waals surface area contributed by atoms with Crippen LogP contribution in [0.15, 0.2) is 48.7 Å². The number of nitrogens with one attached hydrogen (secondary N) is 3. The van der Waals surface area contributed by atoms with Crippen molar-refractivity contribution in [3.8, 4) is 17.1 Å². The molecule has 4 rings (SSSR count). The van der Waals surface area contributed by atoms with Gasteiger partial charge in [0.15, 0.2) is 5.82 Å². The average molecular weight is 348 g/mol. The third kappa shape index (κ3) is 2.95. The van der Waals surface area contributed by atoms with Crippen molar-refractivity contribution in [2.45, 2.75) is 6.54 Å². The molecule has 6 N–H and O–H groups in total. The molecule has 0 bridgehead atoms. The standard InChI is InChI=1S/C18H16N6O2/c19-16-13-7-11(4-5-14(13)23-24-16)17-20-9-15(22-17)18(26)21-8-10-2-1-3-12(25)6-10/h1-7,9,25H,8H2,(H,20,22)(H,21,26)(H3,19,23,24). The van der Waals surface area contributed by atoms with Crippen molar-refractivity contribution in [1.82, 2.24) is 25.5 Å². The molecular formula is C18H16N6O2. The second-order valence-corrected chi connectivity index (χ2v) is 5.87. The van der Waals surface area contributed by atoms with Gasteiger partial charge in [-0.1, -0.05) is 12.1 Å². The molecule has 0 aliphatic heterocycles. The monoisotopic (exact) mass is 348 g/mol. The highest BCUT2D eigenvalue weighted by Crippen LogP contribution is 2.24. The molecule has 8 nitrogen and oxygen atoms in total. The molecule has 0 aliphatic rings. The first-order valence-electron chi connectivity index (χ1n) is 7.95. The zero-order chi connectivity index (χ0) is 18.1. The molecule has 2 heterocycles.